The van der Waals surface area contributed by atoms with E-state index in [0.717, 1.165) is 21.5 Å². The molecule has 0 saturated carbocycles. The van der Waals surface area contributed by atoms with E-state index in [-0.39, 0.29) is 12.1 Å². The molecule has 0 aliphatic heterocycles. The summed E-state index contributed by atoms with van der Waals surface area (Å²) < 4.78 is 2.96. The van der Waals surface area contributed by atoms with E-state index in [2.05, 4.69) is 34.0 Å². The van der Waals surface area contributed by atoms with Gasteiger partial charge in [0.15, 0.2) is 5.82 Å². The summed E-state index contributed by atoms with van der Waals surface area (Å²) >= 11 is 9.38. The van der Waals surface area contributed by atoms with Crippen LogP contribution in [0.2, 0.25) is 4.34 Å². The molecule has 0 radical (unpaired) electrons. The van der Waals surface area contributed by atoms with E-state index in [1.54, 1.807) is 22.7 Å². The van der Waals surface area contributed by atoms with Crippen molar-refractivity contribution in [1.29, 1.82) is 0 Å². The topological polar surface area (TPSA) is 43.8 Å². The predicted molar refractivity (Wildman–Crippen MR) is 91.3 cm³/mol. The van der Waals surface area contributed by atoms with Crippen LogP contribution >= 0.6 is 34.3 Å². The maximum atomic E-state index is 6.39. The van der Waals surface area contributed by atoms with Crippen molar-refractivity contribution in [2.45, 2.75) is 25.4 Å². The highest BCUT2D eigenvalue weighted by Gasteiger charge is 2.25. The summed E-state index contributed by atoms with van der Waals surface area (Å²) in [5.74, 6) is 0.962. The van der Waals surface area contributed by atoms with Crippen LogP contribution in [0.1, 0.15) is 24.3 Å². The van der Waals surface area contributed by atoms with Crippen molar-refractivity contribution in [3.8, 4) is 10.7 Å². The highest BCUT2D eigenvalue weighted by atomic mass is 35.5. The van der Waals surface area contributed by atoms with Crippen LogP contribution in [0.25, 0.3) is 10.7 Å². The molecule has 0 bridgehead atoms. The average molecular weight is 338 g/mol. The smallest absolute Gasteiger partial charge is 0.150 e. The molecule has 0 aromatic carbocycles. The predicted octanol–water partition coefficient (Wildman–Crippen LogP) is 4.65. The van der Waals surface area contributed by atoms with Gasteiger partial charge < -0.3 is 10.3 Å². The van der Waals surface area contributed by atoms with Crippen LogP contribution in [-0.2, 0) is 0 Å². The van der Waals surface area contributed by atoms with Gasteiger partial charge in [0.25, 0.3) is 0 Å². The zero-order chi connectivity index (χ0) is 14.8. The second kappa shape index (κ2) is 6.32. The molecule has 2 unspecified atom stereocenters. The van der Waals surface area contributed by atoms with Crippen molar-refractivity contribution < 1.29 is 0 Å². The molecule has 0 aliphatic carbocycles. The largest absolute Gasteiger partial charge is 0.326 e. The van der Waals surface area contributed by atoms with Gasteiger partial charge in [0.2, 0.25) is 0 Å². The van der Waals surface area contributed by atoms with Crippen LogP contribution in [0.15, 0.2) is 42.0 Å². The molecular formula is C15H16ClN3S2. The molecule has 0 aliphatic rings. The minimum Gasteiger partial charge on any atom is -0.326 e. The zero-order valence-corrected chi connectivity index (χ0v) is 14.0. The van der Waals surface area contributed by atoms with E-state index in [0.29, 0.717) is 0 Å². The Labute approximate surface area is 137 Å². The normalized spacial score (nSPS) is 14.2. The fourth-order valence-electron chi connectivity index (χ4n) is 2.40. The quantitative estimate of drug-likeness (QED) is 0.736. The fraction of sp³-hybridized carbons (Fsp3) is 0.267. The Kier molecular flexibility index (Phi) is 4.45. The summed E-state index contributed by atoms with van der Waals surface area (Å²) in [7, 11) is 0. The molecule has 0 fully saturated rings. The van der Waals surface area contributed by atoms with E-state index in [4.69, 9.17) is 17.3 Å². The van der Waals surface area contributed by atoms with Crippen molar-refractivity contribution in [3.63, 3.8) is 0 Å². The molecule has 3 rings (SSSR count). The minimum absolute atomic E-state index is 0.0210. The standard InChI is InChI=1S/C15H16ClN3S2/c1-2-10(17)14(11-5-6-13(16)21-11)19-8-7-18-15(19)12-4-3-9-20-12/h3-10,14H,2,17H2,1H3. The second-order valence-corrected chi connectivity index (χ2v) is 7.49. The van der Waals surface area contributed by atoms with Gasteiger partial charge in [-0.3, -0.25) is 0 Å². The maximum absolute atomic E-state index is 6.39. The first kappa shape index (κ1) is 14.8. The highest BCUT2D eigenvalue weighted by molar-refractivity contribution is 7.16. The first-order valence-corrected chi connectivity index (χ1v) is 8.85. The summed E-state index contributed by atoms with van der Waals surface area (Å²) in [5.41, 5.74) is 6.39. The third-order valence-corrected chi connectivity index (χ3v) is 5.64. The number of hydrogen-bond acceptors (Lipinski definition) is 4. The molecule has 2 atom stereocenters. The van der Waals surface area contributed by atoms with Crippen LogP contribution in [0.4, 0.5) is 0 Å². The third kappa shape index (κ3) is 2.92. The maximum Gasteiger partial charge on any atom is 0.150 e. The second-order valence-electron chi connectivity index (χ2n) is 4.79. The molecule has 0 spiro atoms. The Hall–Kier alpha value is -1.14. The molecule has 3 aromatic rings. The first-order valence-electron chi connectivity index (χ1n) is 6.78. The number of rotatable bonds is 5. The van der Waals surface area contributed by atoms with Crippen LogP contribution in [-0.4, -0.2) is 15.6 Å². The minimum atomic E-state index is 0.0210. The molecule has 0 saturated heterocycles. The van der Waals surface area contributed by atoms with E-state index in [9.17, 15) is 0 Å². The molecule has 110 valence electrons. The summed E-state index contributed by atoms with van der Waals surface area (Å²) in [5, 5.41) is 2.06. The molecule has 21 heavy (non-hydrogen) atoms. The third-order valence-electron chi connectivity index (χ3n) is 3.47. The lowest BCUT2D eigenvalue weighted by atomic mass is 10.0. The van der Waals surface area contributed by atoms with E-state index in [1.807, 2.05) is 24.5 Å². The highest BCUT2D eigenvalue weighted by Crippen LogP contribution is 2.35. The Balaban J connectivity index is 2.08. The first-order chi connectivity index (χ1) is 10.2. The SMILES string of the molecule is CCC(N)C(c1ccc(Cl)s1)n1ccnc1-c1cccs1. The monoisotopic (exact) mass is 337 g/mol. The molecule has 2 N–H and O–H groups in total. The lowest BCUT2D eigenvalue weighted by molar-refractivity contribution is 0.468. The molecule has 3 aromatic heterocycles. The van der Waals surface area contributed by atoms with E-state index >= 15 is 0 Å². The van der Waals surface area contributed by atoms with Crippen molar-refractivity contribution in [1.82, 2.24) is 9.55 Å². The van der Waals surface area contributed by atoms with Crippen molar-refractivity contribution >= 4 is 34.3 Å². The van der Waals surface area contributed by atoms with Crippen molar-refractivity contribution in [3.05, 3.63) is 51.3 Å². The van der Waals surface area contributed by atoms with Gasteiger partial charge in [0.1, 0.15) is 0 Å². The Morgan fingerprint density at radius 3 is 2.86 bits per heavy atom. The van der Waals surface area contributed by atoms with Gasteiger partial charge >= 0.3 is 0 Å². The van der Waals surface area contributed by atoms with Gasteiger partial charge in [-0.15, -0.1) is 22.7 Å². The molecule has 0 amide bonds. The van der Waals surface area contributed by atoms with E-state index < -0.39 is 0 Å². The number of nitrogens with zero attached hydrogens (tertiary/aromatic N) is 2. The van der Waals surface area contributed by atoms with Crippen molar-refractivity contribution in [2.24, 2.45) is 5.73 Å². The molecule has 3 heterocycles. The molecule has 6 heteroatoms. The summed E-state index contributed by atoms with van der Waals surface area (Å²) in [6.45, 7) is 2.11. The molecular weight excluding hydrogens is 322 g/mol. The number of thiophene rings is 2. The van der Waals surface area contributed by atoms with Gasteiger partial charge in [-0.05, 0) is 30.0 Å². The van der Waals surface area contributed by atoms with Crippen molar-refractivity contribution in [2.75, 3.05) is 0 Å². The lowest BCUT2D eigenvalue weighted by Gasteiger charge is -2.25. The zero-order valence-electron chi connectivity index (χ0n) is 11.6. The van der Waals surface area contributed by atoms with Gasteiger partial charge in [0.05, 0.1) is 15.3 Å². The average Bonchev–Trinajstić information content (AvgIpc) is 3.19. The van der Waals surface area contributed by atoms with Crippen LogP contribution in [0, 0.1) is 0 Å². The van der Waals surface area contributed by atoms with Gasteiger partial charge in [-0.2, -0.15) is 0 Å². The number of halogens is 1. The summed E-state index contributed by atoms with van der Waals surface area (Å²) in [4.78, 5) is 6.84. The Bertz CT molecular complexity index is 702. The fourth-order valence-corrected chi connectivity index (χ4v) is 4.36. The Morgan fingerprint density at radius 2 is 2.24 bits per heavy atom. The number of nitrogens with two attached hydrogens (primary N) is 1. The van der Waals surface area contributed by atoms with Crippen LogP contribution in [0.5, 0.6) is 0 Å². The van der Waals surface area contributed by atoms with E-state index in [1.165, 1.54) is 4.88 Å². The summed E-state index contributed by atoms with van der Waals surface area (Å²) in [6.07, 6.45) is 4.73. The van der Waals surface area contributed by atoms with Gasteiger partial charge in [-0.1, -0.05) is 24.6 Å². The molecule has 3 nitrogen and oxygen atoms in total. The van der Waals surface area contributed by atoms with Gasteiger partial charge in [-0.25, -0.2) is 4.98 Å². The summed E-state index contributed by atoms with van der Waals surface area (Å²) in [6, 6.07) is 8.19. The number of hydrogen-bond donors (Lipinski definition) is 1. The number of aromatic nitrogens is 2. The Morgan fingerprint density at radius 1 is 1.38 bits per heavy atom. The lowest BCUT2D eigenvalue weighted by Crippen LogP contribution is -2.32. The van der Waals surface area contributed by atoms with Crippen LogP contribution in [0.3, 0.4) is 0 Å². The van der Waals surface area contributed by atoms with Crippen LogP contribution < -0.4 is 5.73 Å². The number of imidazole rings is 1. The van der Waals surface area contributed by atoms with Gasteiger partial charge in [0, 0.05) is 23.3 Å².